The minimum absolute atomic E-state index is 0.434. The van der Waals surface area contributed by atoms with Crippen molar-refractivity contribution in [3.05, 3.63) is 41.5 Å². The van der Waals surface area contributed by atoms with E-state index in [9.17, 15) is 4.79 Å². The van der Waals surface area contributed by atoms with Crippen LogP contribution in [0.15, 0.2) is 24.4 Å². The number of anilines is 1. The van der Waals surface area contributed by atoms with Crippen LogP contribution in [0.5, 0.6) is 5.75 Å². The van der Waals surface area contributed by atoms with Gasteiger partial charge in [-0.1, -0.05) is 0 Å². The number of H-pyrrole nitrogens is 1. The van der Waals surface area contributed by atoms with Crippen molar-refractivity contribution in [2.24, 2.45) is 5.73 Å². The molecule has 0 aliphatic carbocycles. The molecule has 1 heterocycles. The highest BCUT2D eigenvalue weighted by Crippen LogP contribution is 2.25. The van der Waals surface area contributed by atoms with E-state index in [1.807, 2.05) is 6.92 Å². The Hall–Kier alpha value is -2.50. The number of aromatic amines is 1. The summed E-state index contributed by atoms with van der Waals surface area (Å²) < 4.78 is 5.23. The first-order valence-electron chi connectivity index (χ1n) is 5.82. The fourth-order valence-electron chi connectivity index (χ4n) is 1.75. The minimum atomic E-state index is -0.469. The zero-order valence-corrected chi connectivity index (χ0v) is 10.9. The van der Waals surface area contributed by atoms with E-state index in [4.69, 9.17) is 10.5 Å². The van der Waals surface area contributed by atoms with Crippen molar-refractivity contribution < 1.29 is 9.53 Å². The smallest absolute Gasteiger partial charge is 0.248 e. The standard InChI is InChI=1S/C13H16N4O2/c1-8-15-6-10(17-8)7-16-11-5-9(13(14)18)3-4-12(11)19-2/h3-6,16H,7H2,1-2H3,(H2,14,18)(H,15,17). The maximum absolute atomic E-state index is 11.2. The number of rotatable bonds is 5. The second-order valence-corrected chi connectivity index (χ2v) is 4.13. The minimum Gasteiger partial charge on any atom is -0.495 e. The predicted molar refractivity (Wildman–Crippen MR) is 72.2 cm³/mol. The van der Waals surface area contributed by atoms with Crippen molar-refractivity contribution in [3.8, 4) is 5.75 Å². The van der Waals surface area contributed by atoms with Crippen molar-refractivity contribution >= 4 is 11.6 Å². The number of benzene rings is 1. The third-order valence-corrected chi connectivity index (χ3v) is 2.71. The molecule has 4 N–H and O–H groups in total. The number of nitrogens with two attached hydrogens (primary N) is 1. The van der Waals surface area contributed by atoms with Gasteiger partial charge in [0.2, 0.25) is 5.91 Å². The van der Waals surface area contributed by atoms with E-state index < -0.39 is 5.91 Å². The SMILES string of the molecule is COc1ccc(C(N)=O)cc1NCc1cnc(C)[nH]1. The van der Waals surface area contributed by atoms with E-state index in [1.54, 1.807) is 31.5 Å². The number of methoxy groups -OCH3 is 1. The Bertz CT molecular complexity index is 592. The number of carbonyl (C=O) groups is 1. The molecular weight excluding hydrogens is 244 g/mol. The fraction of sp³-hybridized carbons (Fsp3) is 0.231. The summed E-state index contributed by atoms with van der Waals surface area (Å²) in [5.74, 6) is 1.04. The van der Waals surface area contributed by atoms with Crippen LogP contribution in [0.3, 0.4) is 0 Å². The summed E-state index contributed by atoms with van der Waals surface area (Å²) in [5.41, 5.74) is 7.36. The molecule has 0 aliphatic heterocycles. The van der Waals surface area contributed by atoms with Crippen LogP contribution in [0.2, 0.25) is 0 Å². The average Bonchev–Trinajstić information content (AvgIpc) is 2.81. The number of imidazole rings is 1. The van der Waals surface area contributed by atoms with Crippen LogP contribution in [0.1, 0.15) is 21.9 Å². The molecule has 100 valence electrons. The number of carbonyl (C=O) groups excluding carboxylic acids is 1. The van der Waals surface area contributed by atoms with Gasteiger partial charge >= 0.3 is 0 Å². The molecule has 19 heavy (non-hydrogen) atoms. The number of ether oxygens (including phenoxy) is 1. The molecule has 6 heteroatoms. The first kappa shape index (κ1) is 12.9. The Kier molecular flexibility index (Phi) is 3.70. The molecule has 0 atom stereocenters. The van der Waals surface area contributed by atoms with E-state index in [1.165, 1.54) is 0 Å². The lowest BCUT2D eigenvalue weighted by molar-refractivity contribution is 0.100. The van der Waals surface area contributed by atoms with Gasteiger partial charge in [-0.05, 0) is 25.1 Å². The summed E-state index contributed by atoms with van der Waals surface area (Å²) in [6.45, 7) is 2.44. The summed E-state index contributed by atoms with van der Waals surface area (Å²) in [6, 6.07) is 5.01. The molecule has 0 bridgehead atoms. The fourth-order valence-corrected chi connectivity index (χ4v) is 1.75. The molecule has 0 radical (unpaired) electrons. The van der Waals surface area contributed by atoms with Crippen molar-refractivity contribution in [2.75, 3.05) is 12.4 Å². The molecule has 1 amide bonds. The Morgan fingerprint density at radius 3 is 2.89 bits per heavy atom. The van der Waals surface area contributed by atoms with Gasteiger partial charge in [0.05, 0.1) is 31.2 Å². The van der Waals surface area contributed by atoms with Crippen molar-refractivity contribution in [1.82, 2.24) is 9.97 Å². The van der Waals surface area contributed by atoms with Gasteiger partial charge in [0.1, 0.15) is 11.6 Å². The molecule has 0 unspecified atom stereocenters. The Balaban J connectivity index is 2.17. The third-order valence-electron chi connectivity index (χ3n) is 2.71. The Morgan fingerprint density at radius 1 is 1.53 bits per heavy atom. The first-order chi connectivity index (χ1) is 9.10. The number of nitrogens with one attached hydrogen (secondary N) is 2. The average molecular weight is 260 g/mol. The zero-order chi connectivity index (χ0) is 13.8. The highest BCUT2D eigenvalue weighted by Gasteiger charge is 2.08. The highest BCUT2D eigenvalue weighted by atomic mass is 16.5. The molecule has 2 aromatic rings. The second kappa shape index (κ2) is 5.43. The van der Waals surface area contributed by atoms with Gasteiger partial charge in [-0.15, -0.1) is 0 Å². The molecule has 0 fully saturated rings. The molecule has 2 rings (SSSR count). The molecule has 0 saturated carbocycles. The van der Waals surface area contributed by atoms with Crippen LogP contribution >= 0.6 is 0 Å². The van der Waals surface area contributed by atoms with Crippen LogP contribution in [-0.4, -0.2) is 23.0 Å². The first-order valence-corrected chi connectivity index (χ1v) is 5.82. The van der Waals surface area contributed by atoms with Gasteiger partial charge < -0.3 is 20.8 Å². The van der Waals surface area contributed by atoms with E-state index in [0.29, 0.717) is 23.5 Å². The van der Waals surface area contributed by atoms with Gasteiger partial charge in [-0.2, -0.15) is 0 Å². The van der Waals surface area contributed by atoms with Gasteiger partial charge in [0.25, 0.3) is 0 Å². The van der Waals surface area contributed by atoms with Crippen LogP contribution in [0.4, 0.5) is 5.69 Å². The molecular formula is C13H16N4O2. The van der Waals surface area contributed by atoms with E-state index in [0.717, 1.165) is 11.5 Å². The largest absolute Gasteiger partial charge is 0.495 e. The van der Waals surface area contributed by atoms with Crippen LogP contribution in [0, 0.1) is 6.92 Å². The topological polar surface area (TPSA) is 93.0 Å². The number of primary amides is 1. The van der Waals surface area contributed by atoms with Gasteiger partial charge in [-0.3, -0.25) is 4.79 Å². The summed E-state index contributed by atoms with van der Waals surface area (Å²) >= 11 is 0. The maximum Gasteiger partial charge on any atom is 0.248 e. The summed E-state index contributed by atoms with van der Waals surface area (Å²) in [7, 11) is 1.57. The summed E-state index contributed by atoms with van der Waals surface area (Å²) in [5, 5.41) is 3.19. The van der Waals surface area contributed by atoms with Crippen molar-refractivity contribution in [1.29, 1.82) is 0 Å². The monoisotopic (exact) mass is 260 g/mol. The molecule has 6 nitrogen and oxygen atoms in total. The number of hydrogen-bond donors (Lipinski definition) is 3. The van der Waals surface area contributed by atoms with Gasteiger partial charge in [0, 0.05) is 5.56 Å². The quantitative estimate of drug-likeness (QED) is 0.758. The lowest BCUT2D eigenvalue weighted by atomic mass is 10.1. The van der Waals surface area contributed by atoms with Gasteiger partial charge in [0.15, 0.2) is 0 Å². The molecule has 0 spiro atoms. The maximum atomic E-state index is 11.2. The molecule has 1 aromatic carbocycles. The van der Waals surface area contributed by atoms with E-state index in [2.05, 4.69) is 15.3 Å². The highest BCUT2D eigenvalue weighted by molar-refractivity contribution is 5.94. The zero-order valence-electron chi connectivity index (χ0n) is 10.9. The second-order valence-electron chi connectivity index (χ2n) is 4.13. The Morgan fingerprint density at radius 2 is 2.32 bits per heavy atom. The van der Waals surface area contributed by atoms with Gasteiger partial charge in [-0.25, -0.2) is 4.98 Å². The molecule has 0 saturated heterocycles. The van der Waals surface area contributed by atoms with Crippen molar-refractivity contribution in [3.63, 3.8) is 0 Å². The molecule has 0 aliphatic rings. The summed E-state index contributed by atoms with van der Waals surface area (Å²) in [6.07, 6.45) is 1.76. The van der Waals surface area contributed by atoms with E-state index >= 15 is 0 Å². The van der Waals surface area contributed by atoms with Crippen LogP contribution < -0.4 is 15.8 Å². The third kappa shape index (κ3) is 3.04. The van der Waals surface area contributed by atoms with Crippen molar-refractivity contribution in [2.45, 2.75) is 13.5 Å². The number of amides is 1. The normalized spacial score (nSPS) is 10.2. The number of aromatic nitrogens is 2. The number of hydrogen-bond acceptors (Lipinski definition) is 4. The van der Waals surface area contributed by atoms with E-state index in [-0.39, 0.29) is 0 Å². The number of nitrogens with zero attached hydrogens (tertiary/aromatic N) is 1. The lowest BCUT2D eigenvalue weighted by Crippen LogP contribution is -2.11. The predicted octanol–water partition coefficient (Wildman–Crippen LogP) is 1.44. The van der Waals surface area contributed by atoms with Crippen LogP contribution in [0.25, 0.3) is 0 Å². The van der Waals surface area contributed by atoms with Crippen LogP contribution in [-0.2, 0) is 6.54 Å². The summed E-state index contributed by atoms with van der Waals surface area (Å²) in [4.78, 5) is 18.4. The lowest BCUT2D eigenvalue weighted by Gasteiger charge is -2.11. The Labute approximate surface area is 111 Å². The number of aryl methyl sites for hydroxylation is 1. The molecule has 1 aromatic heterocycles.